The minimum Gasteiger partial charge on any atom is -0.301 e. The second kappa shape index (κ2) is 5.84. The normalized spacial score (nSPS) is 10.2. The first-order chi connectivity index (χ1) is 9.88. The number of aryl methyl sites for hydroxylation is 1. The van der Waals surface area contributed by atoms with Crippen molar-refractivity contribution in [2.24, 2.45) is 0 Å². The van der Waals surface area contributed by atoms with Crippen molar-refractivity contribution in [3.8, 4) is 0 Å². The average Bonchev–Trinajstić information content (AvgIpc) is 2.41. The summed E-state index contributed by atoms with van der Waals surface area (Å²) in [7, 11) is 0. The number of hydrogen-bond donors (Lipinski definition) is 1. The number of amides is 1. The largest absolute Gasteiger partial charge is 0.311 e. The van der Waals surface area contributed by atoms with E-state index in [1.807, 2.05) is 0 Å². The number of rotatable bonds is 3. The number of carbonyl (C=O) groups excluding carboxylic acids is 1. The monoisotopic (exact) mass is 309 g/mol. The van der Waals surface area contributed by atoms with Crippen LogP contribution < -0.4 is 5.32 Å². The van der Waals surface area contributed by atoms with Gasteiger partial charge in [-0.3, -0.25) is 14.9 Å². The zero-order chi connectivity index (χ0) is 15.6. The van der Waals surface area contributed by atoms with Crippen molar-refractivity contribution in [2.45, 2.75) is 6.92 Å². The summed E-state index contributed by atoms with van der Waals surface area (Å²) in [5.41, 5.74) is 0.187. The zero-order valence-electron chi connectivity index (χ0n) is 10.8. The first kappa shape index (κ1) is 14.9. The molecule has 1 aromatic carbocycles. The predicted octanol–water partition coefficient (Wildman–Crippen LogP) is 3.34. The number of aromatic nitrogens is 1. The summed E-state index contributed by atoms with van der Waals surface area (Å²) in [5.74, 6) is -1.58. The molecule has 1 N–H and O–H groups in total. The number of anilines is 1. The molecule has 0 saturated heterocycles. The van der Waals surface area contributed by atoms with Gasteiger partial charge in [-0.05, 0) is 30.7 Å². The van der Waals surface area contributed by atoms with E-state index in [1.54, 1.807) is 6.92 Å². The second-order valence-corrected chi connectivity index (χ2v) is 4.56. The van der Waals surface area contributed by atoms with E-state index in [0.717, 1.165) is 12.1 Å². The van der Waals surface area contributed by atoms with Gasteiger partial charge in [0.25, 0.3) is 5.91 Å². The molecule has 0 atom stereocenters. The van der Waals surface area contributed by atoms with E-state index in [1.165, 1.54) is 18.2 Å². The van der Waals surface area contributed by atoms with Gasteiger partial charge in [0.2, 0.25) is 5.82 Å². The molecule has 0 bridgehead atoms. The molecule has 1 amide bonds. The molecule has 0 spiro atoms. The third-order valence-corrected chi connectivity index (χ3v) is 2.92. The molecule has 0 fully saturated rings. The zero-order valence-corrected chi connectivity index (χ0v) is 11.5. The van der Waals surface area contributed by atoms with Crippen molar-refractivity contribution in [1.29, 1.82) is 0 Å². The van der Waals surface area contributed by atoms with E-state index in [4.69, 9.17) is 11.6 Å². The fourth-order valence-electron chi connectivity index (χ4n) is 1.68. The van der Waals surface area contributed by atoms with Crippen molar-refractivity contribution in [3.05, 3.63) is 62.5 Å². The first-order valence-corrected chi connectivity index (χ1v) is 6.14. The van der Waals surface area contributed by atoms with Crippen molar-refractivity contribution in [2.75, 3.05) is 5.32 Å². The Balaban J connectivity index is 2.38. The number of hydrogen-bond acceptors (Lipinski definition) is 4. The predicted molar refractivity (Wildman–Crippen MR) is 75.0 cm³/mol. The number of benzene rings is 1. The smallest absolute Gasteiger partial charge is 0.301 e. The van der Waals surface area contributed by atoms with E-state index in [-0.39, 0.29) is 16.5 Å². The average molecular weight is 310 g/mol. The third kappa shape index (κ3) is 3.32. The van der Waals surface area contributed by atoms with E-state index >= 15 is 0 Å². The highest BCUT2D eigenvalue weighted by Crippen LogP contribution is 2.24. The topological polar surface area (TPSA) is 85.1 Å². The van der Waals surface area contributed by atoms with E-state index in [2.05, 4.69) is 10.3 Å². The molecule has 21 heavy (non-hydrogen) atoms. The fraction of sp³-hybridized carbons (Fsp3) is 0.0769. The van der Waals surface area contributed by atoms with Crippen LogP contribution >= 0.6 is 11.6 Å². The van der Waals surface area contributed by atoms with Crippen LogP contribution in [0, 0.1) is 22.9 Å². The van der Waals surface area contributed by atoms with Crippen LogP contribution in [0.3, 0.4) is 0 Å². The van der Waals surface area contributed by atoms with Crippen LogP contribution in [0.1, 0.15) is 15.9 Å². The summed E-state index contributed by atoms with van der Waals surface area (Å²) in [6.45, 7) is 1.62. The quantitative estimate of drug-likeness (QED) is 0.535. The molecule has 1 heterocycles. The van der Waals surface area contributed by atoms with Gasteiger partial charge in [0.15, 0.2) is 0 Å². The van der Waals surface area contributed by atoms with Gasteiger partial charge in [-0.1, -0.05) is 17.7 Å². The number of nitrogens with zero attached hydrogens (tertiary/aromatic N) is 2. The van der Waals surface area contributed by atoms with Gasteiger partial charge in [-0.25, -0.2) is 9.37 Å². The van der Waals surface area contributed by atoms with Crippen molar-refractivity contribution >= 4 is 29.0 Å². The highest BCUT2D eigenvalue weighted by Gasteiger charge is 2.19. The maximum Gasteiger partial charge on any atom is 0.311 e. The molecule has 0 aliphatic rings. The Hall–Kier alpha value is -2.54. The van der Waals surface area contributed by atoms with Crippen molar-refractivity contribution < 1.29 is 14.1 Å². The molecule has 8 heteroatoms. The van der Waals surface area contributed by atoms with Crippen molar-refractivity contribution in [1.82, 2.24) is 4.98 Å². The van der Waals surface area contributed by atoms with Crippen LogP contribution in [0.2, 0.25) is 5.15 Å². The van der Waals surface area contributed by atoms with Crippen LogP contribution in [0.4, 0.5) is 15.9 Å². The molecule has 0 saturated carbocycles. The lowest BCUT2D eigenvalue weighted by Crippen LogP contribution is -2.16. The Bertz CT molecular complexity index is 737. The number of nitrogens with one attached hydrogen (secondary N) is 1. The number of nitro groups is 1. The maximum atomic E-state index is 13.2. The number of pyridine rings is 1. The summed E-state index contributed by atoms with van der Waals surface area (Å²) in [5, 5.41) is 13.1. The summed E-state index contributed by atoms with van der Waals surface area (Å²) in [6, 6.07) is 6.06. The first-order valence-electron chi connectivity index (χ1n) is 5.77. The number of halogens is 2. The van der Waals surface area contributed by atoms with Crippen LogP contribution in [0.15, 0.2) is 30.3 Å². The van der Waals surface area contributed by atoms with Gasteiger partial charge < -0.3 is 5.32 Å². The molecule has 0 radical (unpaired) electrons. The SMILES string of the molecule is Cc1ccc(F)cc1C(=O)Nc1nc(Cl)ccc1[N+](=O)[O-]. The lowest BCUT2D eigenvalue weighted by molar-refractivity contribution is -0.384. The summed E-state index contributed by atoms with van der Waals surface area (Å²) >= 11 is 5.66. The van der Waals surface area contributed by atoms with Gasteiger partial charge in [-0.15, -0.1) is 0 Å². The molecule has 0 aliphatic carbocycles. The highest BCUT2D eigenvalue weighted by atomic mass is 35.5. The molecule has 0 unspecified atom stereocenters. The van der Waals surface area contributed by atoms with Crippen LogP contribution in [0.5, 0.6) is 0 Å². The lowest BCUT2D eigenvalue weighted by atomic mass is 10.1. The molecule has 0 aliphatic heterocycles. The van der Waals surface area contributed by atoms with Gasteiger partial charge in [0, 0.05) is 11.6 Å². The maximum absolute atomic E-state index is 13.2. The minimum atomic E-state index is -0.704. The number of carbonyl (C=O) groups is 1. The standard InChI is InChI=1S/C13H9ClFN3O3/c1-7-2-3-8(15)6-9(7)13(19)17-12-10(18(20)21)4-5-11(14)16-12/h2-6H,1H3,(H,16,17,19). The van der Waals surface area contributed by atoms with Gasteiger partial charge in [0.1, 0.15) is 11.0 Å². The molecule has 6 nitrogen and oxygen atoms in total. The van der Waals surface area contributed by atoms with Crippen molar-refractivity contribution in [3.63, 3.8) is 0 Å². The Morgan fingerprint density at radius 3 is 2.76 bits per heavy atom. The Kier molecular flexibility index (Phi) is 4.13. The van der Waals surface area contributed by atoms with Crippen LogP contribution in [-0.4, -0.2) is 15.8 Å². The molecular formula is C13H9ClFN3O3. The molecule has 1 aromatic heterocycles. The second-order valence-electron chi connectivity index (χ2n) is 4.17. The van der Waals surface area contributed by atoms with E-state index in [0.29, 0.717) is 5.56 Å². The van der Waals surface area contributed by atoms with Gasteiger partial charge in [-0.2, -0.15) is 0 Å². The molecular weight excluding hydrogens is 301 g/mol. The Labute approximate surface area is 123 Å². The lowest BCUT2D eigenvalue weighted by Gasteiger charge is -2.07. The fourth-order valence-corrected chi connectivity index (χ4v) is 1.83. The van der Waals surface area contributed by atoms with E-state index < -0.39 is 22.3 Å². The third-order valence-electron chi connectivity index (χ3n) is 2.71. The summed E-state index contributed by atoms with van der Waals surface area (Å²) in [6.07, 6.45) is 0. The highest BCUT2D eigenvalue weighted by molar-refractivity contribution is 6.29. The van der Waals surface area contributed by atoms with Crippen LogP contribution in [0.25, 0.3) is 0 Å². The Morgan fingerprint density at radius 2 is 2.10 bits per heavy atom. The van der Waals surface area contributed by atoms with Crippen LogP contribution in [-0.2, 0) is 0 Å². The van der Waals surface area contributed by atoms with Gasteiger partial charge in [0.05, 0.1) is 4.92 Å². The summed E-state index contributed by atoms with van der Waals surface area (Å²) < 4.78 is 13.2. The minimum absolute atomic E-state index is 0.00753. The molecule has 2 aromatic rings. The van der Waals surface area contributed by atoms with Gasteiger partial charge >= 0.3 is 5.69 Å². The van der Waals surface area contributed by atoms with E-state index in [9.17, 15) is 19.3 Å². The Morgan fingerprint density at radius 1 is 1.38 bits per heavy atom. The summed E-state index contributed by atoms with van der Waals surface area (Å²) in [4.78, 5) is 26.0. The molecule has 2 rings (SSSR count). The molecule has 108 valence electrons.